The zero-order valence-corrected chi connectivity index (χ0v) is 17.0. The summed E-state index contributed by atoms with van der Waals surface area (Å²) in [6.45, 7) is 6.05. The minimum absolute atomic E-state index is 0.0364. The van der Waals surface area contributed by atoms with Crippen molar-refractivity contribution in [2.45, 2.75) is 26.3 Å². The van der Waals surface area contributed by atoms with Gasteiger partial charge in [0.15, 0.2) is 0 Å². The van der Waals surface area contributed by atoms with E-state index in [1.807, 2.05) is 62.4 Å². The molecule has 1 aliphatic rings. The lowest BCUT2D eigenvalue weighted by molar-refractivity contribution is -0.134. The topological polar surface area (TPSA) is 35.9 Å². The predicted octanol–water partition coefficient (Wildman–Crippen LogP) is 5.01. The second kappa shape index (κ2) is 8.87. The molecule has 4 nitrogen and oxygen atoms in total. The third-order valence-corrected chi connectivity index (χ3v) is 5.54. The molecular formula is C21H23Cl2N3O. The van der Waals surface area contributed by atoms with Crippen LogP contribution in [0.15, 0.2) is 53.6 Å². The first-order chi connectivity index (χ1) is 13.0. The smallest absolute Gasteiger partial charge is 0.257 e. The number of benzene rings is 2. The third kappa shape index (κ3) is 4.34. The normalized spacial score (nSPS) is 16.7. The van der Waals surface area contributed by atoms with Gasteiger partial charge in [0.25, 0.3) is 5.91 Å². The Morgan fingerprint density at radius 3 is 2.33 bits per heavy atom. The van der Waals surface area contributed by atoms with E-state index in [9.17, 15) is 4.79 Å². The van der Waals surface area contributed by atoms with Crippen LogP contribution in [0.25, 0.3) is 0 Å². The average Bonchev–Trinajstić information content (AvgIpc) is 3.11. The molecule has 0 aliphatic carbocycles. The molecular weight excluding hydrogens is 381 g/mol. The van der Waals surface area contributed by atoms with Crippen LogP contribution >= 0.6 is 23.2 Å². The van der Waals surface area contributed by atoms with Gasteiger partial charge in [0.1, 0.15) is 0 Å². The molecule has 0 saturated heterocycles. The summed E-state index contributed by atoms with van der Waals surface area (Å²) in [7, 11) is 0. The van der Waals surface area contributed by atoms with E-state index in [2.05, 4.69) is 10.0 Å². The van der Waals surface area contributed by atoms with E-state index in [-0.39, 0.29) is 11.9 Å². The van der Waals surface area contributed by atoms with Gasteiger partial charge < -0.3 is 0 Å². The molecule has 2 aromatic rings. The Hall–Kier alpha value is -1.88. The van der Waals surface area contributed by atoms with Crippen LogP contribution in [0.4, 0.5) is 0 Å². The molecule has 0 aromatic heterocycles. The van der Waals surface area contributed by atoms with Gasteiger partial charge in [-0.05, 0) is 30.8 Å². The van der Waals surface area contributed by atoms with E-state index < -0.39 is 0 Å². The molecule has 0 saturated carbocycles. The maximum absolute atomic E-state index is 13.0. The molecule has 142 valence electrons. The van der Waals surface area contributed by atoms with Gasteiger partial charge in [-0.25, -0.2) is 5.01 Å². The molecule has 1 amide bonds. The largest absolute Gasteiger partial charge is 0.295 e. The Kier molecular flexibility index (Phi) is 6.53. The number of hydrazone groups is 1. The molecule has 0 fully saturated rings. The highest BCUT2D eigenvalue weighted by molar-refractivity contribution is 6.34. The maximum Gasteiger partial charge on any atom is 0.257 e. The van der Waals surface area contributed by atoms with Gasteiger partial charge in [-0.2, -0.15) is 5.10 Å². The Balaban J connectivity index is 1.96. The number of carbonyl (C=O) groups excluding carboxylic acids is 1. The van der Waals surface area contributed by atoms with Gasteiger partial charge in [0.05, 0.1) is 18.3 Å². The molecule has 27 heavy (non-hydrogen) atoms. The molecule has 0 radical (unpaired) electrons. The standard InChI is InChI=1S/C21H23Cl2N3O/c1-3-25(4-2)14-21(27)26-20(16-10-6-8-12-18(16)23)13-19(24-26)15-9-5-7-11-17(15)22/h5-12,20H,3-4,13-14H2,1-2H3/t20-/m0/s1. The van der Waals surface area contributed by atoms with Gasteiger partial charge in [-0.3, -0.25) is 9.69 Å². The van der Waals surface area contributed by atoms with Crippen LogP contribution in [0.1, 0.15) is 37.4 Å². The quantitative estimate of drug-likeness (QED) is 0.678. The van der Waals surface area contributed by atoms with E-state index in [0.717, 1.165) is 29.9 Å². The number of rotatable bonds is 6. The Morgan fingerprint density at radius 1 is 1.07 bits per heavy atom. The summed E-state index contributed by atoms with van der Waals surface area (Å²) in [6, 6.07) is 15.0. The first kappa shape index (κ1) is 19.9. The Bertz CT molecular complexity index is 849. The summed E-state index contributed by atoms with van der Waals surface area (Å²) in [6.07, 6.45) is 0.581. The van der Waals surface area contributed by atoms with Crippen LogP contribution in [0.2, 0.25) is 10.0 Å². The van der Waals surface area contributed by atoms with Crippen LogP contribution in [-0.4, -0.2) is 41.2 Å². The number of nitrogens with zero attached hydrogens (tertiary/aromatic N) is 3. The summed E-state index contributed by atoms with van der Waals surface area (Å²) in [4.78, 5) is 15.1. The van der Waals surface area contributed by atoms with Crippen molar-refractivity contribution in [2.75, 3.05) is 19.6 Å². The minimum atomic E-state index is -0.229. The summed E-state index contributed by atoms with van der Waals surface area (Å²) in [5, 5.41) is 7.52. The van der Waals surface area contributed by atoms with Crippen LogP contribution < -0.4 is 0 Å². The molecule has 1 heterocycles. The number of hydrogen-bond donors (Lipinski definition) is 0. The molecule has 0 bridgehead atoms. The van der Waals surface area contributed by atoms with E-state index in [4.69, 9.17) is 23.2 Å². The van der Waals surface area contributed by atoms with Crippen molar-refractivity contribution in [3.63, 3.8) is 0 Å². The Labute approximate surface area is 170 Å². The molecule has 0 spiro atoms. The zero-order valence-electron chi connectivity index (χ0n) is 15.5. The molecule has 1 aliphatic heterocycles. The van der Waals surface area contributed by atoms with Crippen molar-refractivity contribution in [3.05, 3.63) is 69.7 Å². The van der Waals surface area contributed by atoms with Crippen molar-refractivity contribution in [3.8, 4) is 0 Å². The Morgan fingerprint density at radius 2 is 1.70 bits per heavy atom. The fraction of sp³-hybridized carbons (Fsp3) is 0.333. The van der Waals surface area contributed by atoms with Gasteiger partial charge in [0, 0.05) is 22.0 Å². The molecule has 6 heteroatoms. The summed E-state index contributed by atoms with van der Waals surface area (Å²) >= 11 is 12.8. The van der Waals surface area contributed by atoms with Crippen LogP contribution in [-0.2, 0) is 4.79 Å². The van der Waals surface area contributed by atoms with Crippen LogP contribution in [0, 0.1) is 0 Å². The van der Waals surface area contributed by atoms with E-state index in [1.54, 1.807) is 5.01 Å². The van der Waals surface area contributed by atoms with E-state index >= 15 is 0 Å². The number of carbonyl (C=O) groups is 1. The minimum Gasteiger partial charge on any atom is -0.295 e. The monoisotopic (exact) mass is 403 g/mol. The van der Waals surface area contributed by atoms with E-state index in [0.29, 0.717) is 23.0 Å². The van der Waals surface area contributed by atoms with E-state index in [1.165, 1.54) is 0 Å². The fourth-order valence-corrected chi connectivity index (χ4v) is 3.80. The molecule has 0 unspecified atom stereocenters. The maximum atomic E-state index is 13.0. The van der Waals surface area contributed by atoms with Crippen LogP contribution in [0.3, 0.4) is 0 Å². The van der Waals surface area contributed by atoms with Crippen molar-refractivity contribution < 1.29 is 4.79 Å². The highest BCUT2D eigenvalue weighted by Gasteiger charge is 2.34. The SMILES string of the molecule is CCN(CC)CC(=O)N1N=C(c2ccccc2Cl)C[C@H]1c1ccccc1Cl. The van der Waals surface area contributed by atoms with Gasteiger partial charge >= 0.3 is 0 Å². The predicted molar refractivity (Wildman–Crippen MR) is 111 cm³/mol. The van der Waals surface area contributed by atoms with Gasteiger partial charge in [-0.1, -0.05) is 73.4 Å². The number of halogens is 2. The lowest BCUT2D eigenvalue weighted by atomic mass is 9.98. The third-order valence-electron chi connectivity index (χ3n) is 4.87. The number of hydrogen-bond acceptors (Lipinski definition) is 3. The van der Waals surface area contributed by atoms with Gasteiger partial charge in [-0.15, -0.1) is 0 Å². The fourth-order valence-electron chi connectivity index (χ4n) is 3.30. The summed E-state index contributed by atoms with van der Waals surface area (Å²) in [5.74, 6) is -0.0364. The lowest BCUT2D eigenvalue weighted by Crippen LogP contribution is -2.38. The van der Waals surface area contributed by atoms with Crippen molar-refractivity contribution >= 4 is 34.8 Å². The second-order valence-corrected chi connectivity index (χ2v) is 7.28. The van der Waals surface area contributed by atoms with Crippen LogP contribution in [0.5, 0.6) is 0 Å². The molecule has 3 rings (SSSR count). The highest BCUT2D eigenvalue weighted by atomic mass is 35.5. The lowest BCUT2D eigenvalue weighted by Gasteiger charge is -2.26. The van der Waals surface area contributed by atoms with Crippen molar-refractivity contribution in [1.29, 1.82) is 0 Å². The summed E-state index contributed by atoms with van der Waals surface area (Å²) < 4.78 is 0. The molecule has 1 atom stereocenters. The number of likely N-dealkylation sites (N-methyl/N-ethyl adjacent to an activating group) is 1. The molecule has 0 N–H and O–H groups in total. The number of amides is 1. The first-order valence-electron chi connectivity index (χ1n) is 9.16. The van der Waals surface area contributed by atoms with Gasteiger partial charge in [0.2, 0.25) is 0 Å². The second-order valence-electron chi connectivity index (χ2n) is 6.47. The first-order valence-corrected chi connectivity index (χ1v) is 9.92. The van der Waals surface area contributed by atoms with Crippen molar-refractivity contribution in [1.82, 2.24) is 9.91 Å². The molecule has 2 aromatic carbocycles. The zero-order chi connectivity index (χ0) is 19.4. The average molecular weight is 404 g/mol. The van der Waals surface area contributed by atoms with Crippen molar-refractivity contribution in [2.24, 2.45) is 5.10 Å². The highest BCUT2D eigenvalue weighted by Crippen LogP contribution is 2.37. The summed E-state index contributed by atoms with van der Waals surface area (Å²) in [5.41, 5.74) is 2.56.